The third kappa shape index (κ3) is 15.7. The van der Waals surface area contributed by atoms with Crippen LogP contribution < -0.4 is 38.1 Å². The van der Waals surface area contributed by atoms with Gasteiger partial charge in [0.1, 0.15) is 12.4 Å². The number of aliphatic hydroxyl groups excluding tert-OH is 1. The number of nitrogens with zero attached hydrogens (tertiary/aromatic N) is 3. The fourth-order valence-electron chi connectivity index (χ4n) is 9.40. The standard InChI is InChI=1S/C52H68N10O9S.2CH4.Au/c1-7-31-27(3)37-20-39-29(5)33(49(61-39)35-19-43(63)48-30(6)40(62-50(35)48)22-42-32(8-2)28(4)38(60-42)21-41(31)59-37)12-13-46(66)55-14-10-9-11-34(51(68)56-15-16-70-17-18-71-25-45(54)65)44(64)23-57-47(67)24-58-52(69)36(53)26-72;;;/h7,20-22,29,33-34,36,61,63,72H,1,8-19,23-26,53H2,2-6H3,(H2,54,65)(H,55,66)(H,56,68)(H,57,67)(H,58,69);2*1H4;/q;;;+1/p-1. The molecule has 1 saturated heterocycles. The summed E-state index contributed by atoms with van der Waals surface area (Å²) < 4.78 is 10.5. The number of aliphatic hydroxyl groups is 1. The van der Waals surface area contributed by atoms with E-state index in [0.29, 0.717) is 32.2 Å². The first-order chi connectivity index (χ1) is 34.5. The van der Waals surface area contributed by atoms with Crippen LogP contribution in [-0.4, -0.2) is 122 Å². The summed E-state index contributed by atoms with van der Waals surface area (Å²) in [5, 5.41) is 25.7. The van der Waals surface area contributed by atoms with Crippen LogP contribution in [0.15, 0.2) is 119 Å². The molecule has 5 heterocycles. The van der Waals surface area contributed by atoms with Gasteiger partial charge in [-0.2, -0.15) is 5.75 Å². The predicted molar refractivity (Wildman–Crippen MR) is 290 cm³/mol. The van der Waals surface area contributed by atoms with Crippen LogP contribution in [0.5, 0.6) is 0 Å². The van der Waals surface area contributed by atoms with Crippen molar-refractivity contribution in [2.75, 3.05) is 58.4 Å². The van der Waals surface area contributed by atoms with E-state index in [4.69, 9.17) is 48.5 Å². The number of fused-ring (bicyclic) bond motifs is 5. The number of ketones is 1. The largest absolute Gasteiger partial charge is 1.00 e. The average Bonchev–Trinajstić information content (AvgIpc) is 4.11. The van der Waals surface area contributed by atoms with E-state index in [1.54, 1.807) is 0 Å². The Kier molecular flexibility index (Phi) is 25.0. The topological polar surface area (TPSA) is 290 Å². The van der Waals surface area contributed by atoms with Crippen molar-refractivity contribution in [2.24, 2.45) is 44.2 Å². The maximum absolute atomic E-state index is 13.5. The average molecular weight is 1240 g/mol. The molecule has 0 aromatic rings. The Morgan fingerprint density at radius 1 is 0.880 bits per heavy atom. The molecule has 5 amide bonds. The number of rotatable bonds is 26. The maximum atomic E-state index is 13.5. The number of unbranched alkanes of at least 4 members (excludes halogenated alkanes) is 1. The maximum Gasteiger partial charge on any atom is 1.00 e. The molecule has 4 unspecified atom stereocenters. The zero-order valence-electron chi connectivity index (χ0n) is 42.1. The molecule has 21 heteroatoms. The number of nitrogens with two attached hydrogens (primary N) is 2. The van der Waals surface area contributed by atoms with E-state index < -0.39 is 54.5 Å². The molecular weight excluding hydrogens is 1160 g/mol. The van der Waals surface area contributed by atoms with Crippen LogP contribution in [0, 0.1) is 17.8 Å². The van der Waals surface area contributed by atoms with E-state index in [1.165, 1.54) is 0 Å². The Morgan fingerprint density at radius 2 is 1.59 bits per heavy atom. The molecule has 19 nitrogen and oxygen atoms in total. The summed E-state index contributed by atoms with van der Waals surface area (Å²) in [7, 11) is 0. The van der Waals surface area contributed by atoms with E-state index in [1.807, 2.05) is 32.1 Å². The van der Waals surface area contributed by atoms with Gasteiger partial charge in [-0.15, -0.1) is 0 Å². The van der Waals surface area contributed by atoms with Gasteiger partial charge in [0, 0.05) is 65.9 Å². The number of nitrogens with one attached hydrogen (secondary N) is 5. The Labute approximate surface area is 462 Å². The van der Waals surface area contributed by atoms with Gasteiger partial charge in [0.2, 0.25) is 29.5 Å². The van der Waals surface area contributed by atoms with Crippen molar-refractivity contribution in [3.05, 3.63) is 104 Å². The van der Waals surface area contributed by atoms with E-state index >= 15 is 0 Å². The van der Waals surface area contributed by atoms with Gasteiger partial charge in [-0.05, 0) is 87.0 Å². The normalized spacial score (nSPS) is 19.0. The number of ether oxygens (including phenoxy) is 2. The molecule has 8 bridgehead atoms. The molecule has 0 saturated carbocycles. The number of carbonyl (C=O) groups excluding carboxylic acids is 6. The smallest absolute Gasteiger partial charge is 0.791 e. The van der Waals surface area contributed by atoms with Crippen LogP contribution in [0.25, 0.3) is 0 Å². The number of allylic oxidation sites excluding steroid dienone is 12. The first kappa shape index (κ1) is 63.6. The van der Waals surface area contributed by atoms with Crippen molar-refractivity contribution in [3.63, 3.8) is 0 Å². The van der Waals surface area contributed by atoms with Crippen molar-refractivity contribution < 1.29 is 65.7 Å². The SMILES string of the molecule is C.C.C=CC1=C(C)C2=NC1=CC1=NC(=CC3=C(C)C4=C(O)CC(=C5NC(=C2)C(C)C5CCC(=O)NCCCCC(C(=O)CNC(=O)CNC(=O)C(N)C[S-])C(=O)NCCOCCOCC(N)=O)C4=N3)C(CC)=C1C.[Au+]. The molecule has 0 spiro atoms. The van der Waals surface area contributed by atoms with Crippen LogP contribution >= 0.6 is 0 Å². The Balaban J connectivity index is 0.00000494. The van der Waals surface area contributed by atoms with Gasteiger partial charge in [0.25, 0.3) is 0 Å². The van der Waals surface area contributed by atoms with Crippen molar-refractivity contribution in [1.29, 1.82) is 0 Å². The molecule has 6 aliphatic rings. The van der Waals surface area contributed by atoms with Gasteiger partial charge < -0.3 is 65.3 Å². The zero-order chi connectivity index (χ0) is 52.2. The summed E-state index contributed by atoms with van der Waals surface area (Å²) in [5.74, 6) is -4.20. The van der Waals surface area contributed by atoms with Gasteiger partial charge >= 0.3 is 22.4 Å². The van der Waals surface area contributed by atoms with E-state index in [-0.39, 0.29) is 112 Å². The summed E-state index contributed by atoms with van der Waals surface area (Å²) >= 11 is 4.79. The van der Waals surface area contributed by atoms with Crippen molar-refractivity contribution in [3.8, 4) is 0 Å². The fourth-order valence-corrected chi connectivity index (χ4v) is 9.56. The van der Waals surface area contributed by atoms with Crippen molar-refractivity contribution in [1.82, 2.24) is 26.6 Å². The summed E-state index contributed by atoms with van der Waals surface area (Å²) in [5.41, 5.74) is 23.8. The third-order valence-corrected chi connectivity index (χ3v) is 13.9. The Morgan fingerprint density at radius 3 is 2.28 bits per heavy atom. The van der Waals surface area contributed by atoms with E-state index in [0.717, 1.165) is 91.1 Å². The third-order valence-electron chi connectivity index (χ3n) is 13.5. The number of Topliss-reactive ketones (excluding diaryl/α,β-unsaturated/α-hetero) is 1. The number of amides is 5. The van der Waals surface area contributed by atoms with Gasteiger partial charge in [0.15, 0.2) is 5.78 Å². The molecule has 1 aliphatic carbocycles. The van der Waals surface area contributed by atoms with Gasteiger partial charge in [-0.25, -0.2) is 15.0 Å². The second-order valence-electron chi connectivity index (χ2n) is 18.3. The number of aliphatic imine (C=N–C) groups is 3. The summed E-state index contributed by atoms with van der Waals surface area (Å²) in [6, 6.07) is -0.954. The van der Waals surface area contributed by atoms with Crippen LogP contribution in [0.4, 0.5) is 0 Å². The van der Waals surface area contributed by atoms with Gasteiger partial charge in [0.05, 0.1) is 79.1 Å². The fraction of sp³-hybridized carbons (Fsp3) is 0.500. The molecule has 0 aromatic heterocycles. The quantitative estimate of drug-likeness (QED) is 0.0263. The summed E-state index contributed by atoms with van der Waals surface area (Å²) in [6.07, 6.45) is 10.7. The molecule has 1 fully saturated rings. The molecular formula is C54H75AuN10O9S. The molecule has 75 heavy (non-hydrogen) atoms. The molecule has 0 radical (unpaired) electrons. The minimum Gasteiger partial charge on any atom is -0.791 e. The molecule has 10 N–H and O–H groups in total. The van der Waals surface area contributed by atoms with Crippen molar-refractivity contribution >= 4 is 65.1 Å². The zero-order valence-corrected chi connectivity index (χ0v) is 45.0. The second kappa shape index (κ2) is 29.5. The molecule has 4 atom stereocenters. The number of hydrogen-bond acceptors (Lipinski definition) is 15. The monoisotopic (exact) mass is 1240 g/mol. The summed E-state index contributed by atoms with van der Waals surface area (Å²) in [6.45, 7) is 14.1. The first-order valence-electron chi connectivity index (χ1n) is 24.5. The van der Waals surface area contributed by atoms with Crippen LogP contribution in [0.2, 0.25) is 0 Å². The van der Waals surface area contributed by atoms with Gasteiger partial charge in [-0.3, -0.25) is 28.8 Å². The van der Waals surface area contributed by atoms with Crippen molar-refractivity contribution in [2.45, 2.75) is 100 Å². The Bertz CT molecular complexity index is 2640. The molecule has 5 aliphatic heterocycles. The van der Waals surface area contributed by atoms with E-state index in [9.17, 15) is 33.9 Å². The van der Waals surface area contributed by atoms with E-state index in [2.05, 4.69) is 60.0 Å². The van der Waals surface area contributed by atoms with Crippen LogP contribution in [0.1, 0.15) is 94.4 Å². The summed E-state index contributed by atoms with van der Waals surface area (Å²) in [4.78, 5) is 90.7. The van der Waals surface area contributed by atoms with Crippen LogP contribution in [-0.2, 0) is 73.2 Å². The second-order valence-corrected chi connectivity index (χ2v) is 18.7. The predicted octanol–water partition coefficient (Wildman–Crippen LogP) is 4.11. The number of primary amides is 1. The Hall–Kier alpha value is -5.74. The van der Waals surface area contributed by atoms with Crippen LogP contribution in [0.3, 0.4) is 0 Å². The number of hydrogen-bond donors (Lipinski definition) is 8. The number of carbonyl (C=O) groups is 6. The molecule has 412 valence electrons. The minimum atomic E-state index is -1.12. The first-order valence-corrected chi connectivity index (χ1v) is 25.0. The molecule has 0 aromatic carbocycles. The van der Waals surface area contributed by atoms with Gasteiger partial charge in [-0.1, -0.05) is 47.8 Å². The molecule has 6 rings (SSSR count). The minimum absolute atomic E-state index is 0.